The van der Waals surface area contributed by atoms with Crippen molar-refractivity contribution in [2.75, 3.05) is 25.6 Å². The van der Waals surface area contributed by atoms with Gasteiger partial charge in [0.2, 0.25) is 12.5 Å². The predicted octanol–water partition coefficient (Wildman–Crippen LogP) is 4.08. The lowest BCUT2D eigenvalue weighted by Crippen LogP contribution is -2.29. The molecular formula is C21H24N6O2S. The number of hydrogen-bond donors (Lipinski definition) is 2. The van der Waals surface area contributed by atoms with Crippen LogP contribution in [-0.2, 0) is 6.54 Å². The lowest BCUT2D eigenvalue weighted by atomic mass is 9.97. The minimum absolute atomic E-state index is 0.168. The van der Waals surface area contributed by atoms with Crippen molar-refractivity contribution in [3.05, 3.63) is 35.8 Å². The highest BCUT2D eigenvalue weighted by molar-refractivity contribution is 7.99. The number of nitrogens with one attached hydrogen (secondary N) is 1. The molecular weight excluding hydrogens is 400 g/mol. The first-order chi connectivity index (χ1) is 14.4. The van der Waals surface area contributed by atoms with E-state index in [1.807, 2.05) is 12.1 Å². The lowest BCUT2D eigenvalue weighted by molar-refractivity contribution is 0.174. The van der Waals surface area contributed by atoms with Crippen molar-refractivity contribution < 1.29 is 9.47 Å². The van der Waals surface area contributed by atoms with Crippen molar-refractivity contribution in [3.63, 3.8) is 0 Å². The standard InChI is InChI=1S/C21H24N6O2S/c1-21(2,3)11-24-7-8-27-14-5-6-25-19(22)18(14)26-20(27)30-17-10-16-15(28-12-29-16)9-13(17)23-4/h5-6,9-10,24H,7-8,11-12H2,1-3H3,(H2,22,25). The molecule has 0 bridgehead atoms. The summed E-state index contributed by atoms with van der Waals surface area (Å²) in [5.74, 6) is 1.63. The van der Waals surface area contributed by atoms with Gasteiger partial charge >= 0.3 is 0 Å². The first-order valence-corrected chi connectivity index (χ1v) is 10.5. The molecule has 3 heterocycles. The molecule has 0 saturated heterocycles. The molecule has 156 valence electrons. The molecule has 0 aliphatic carbocycles. The van der Waals surface area contributed by atoms with Crippen LogP contribution < -0.4 is 20.5 Å². The zero-order valence-corrected chi connectivity index (χ0v) is 18.0. The molecule has 0 fully saturated rings. The smallest absolute Gasteiger partial charge is 0.231 e. The number of anilines is 1. The van der Waals surface area contributed by atoms with Crippen LogP contribution in [0.1, 0.15) is 20.8 Å². The van der Waals surface area contributed by atoms with Crippen molar-refractivity contribution >= 4 is 34.3 Å². The van der Waals surface area contributed by atoms with Gasteiger partial charge in [-0.15, -0.1) is 0 Å². The minimum Gasteiger partial charge on any atom is -0.455 e. The van der Waals surface area contributed by atoms with E-state index in [1.165, 1.54) is 11.8 Å². The number of nitrogens with two attached hydrogens (primary N) is 1. The molecule has 1 aliphatic heterocycles. The summed E-state index contributed by atoms with van der Waals surface area (Å²) in [6.07, 6.45) is 1.69. The van der Waals surface area contributed by atoms with E-state index in [0.717, 1.165) is 35.2 Å². The average molecular weight is 425 g/mol. The number of nitrogen functional groups attached to an aromatic ring is 1. The summed E-state index contributed by atoms with van der Waals surface area (Å²) in [6, 6.07) is 5.47. The zero-order valence-electron chi connectivity index (χ0n) is 17.2. The van der Waals surface area contributed by atoms with Crippen LogP contribution in [0.25, 0.3) is 15.9 Å². The highest BCUT2D eigenvalue weighted by Crippen LogP contribution is 2.44. The van der Waals surface area contributed by atoms with Crippen LogP contribution in [0.3, 0.4) is 0 Å². The topological polar surface area (TPSA) is 91.6 Å². The Hall–Kier alpha value is -2.96. The number of benzene rings is 1. The summed E-state index contributed by atoms with van der Waals surface area (Å²) >= 11 is 1.42. The predicted molar refractivity (Wildman–Crippen MR) is 117 cm³/mol. The Balaban J connectivity index is 1.67. The van der Waals surface area contributed by atoms with E-state index in [-0.39, 0.29) is 12.2 Å². The number of nitrogens with zero attached hydrogens (tertiary/aromatic N) is 4. The summed E-state index contributed by atoms with van der Waals surface area (Å²) in [5, 5.41) is 4.26. The molecule has 0 amide bonds. The molecule has 3 N–H and O–H groups in total. The van der Waals surface area contributed by atoms with Crippen molar-refractivity contribution in [3.8, 4) is 11.5 Å². The van der Waals surface area contributed by atoms with Gasteiger partial charge in [0.1, 0.15) is 5.52 Å². The van der Waals surface area contributed by atoms with E-state index in [2.05, 4.69) is 40.5 Å². The zero-order chi connectivity index (χ0) is 21.3. The van der Waals surface area contributed by atoms with Gasteiger partial charge in [0.15, 0.2) is 22.5 Å². The highest BCUT2D eigenvalue weighted by atomic mass is 32.2. The van der Waals surface area contributed by atoms with Gasteiger partial charge in [0.05, 0.1) is 12.1 Å². The maximum Gasteiger partial charge on any atom is 0.231 e. The van der Waals surface area contributed by atoms with Gasteiger partial charge in [0.25, 0.3) is 0 Å². The molecule has 9 heteroatoms. The Morgan fingerprint density at radius 3 is 2.80 bits per heavy atom. The minimum atomic E-state index is 0.168. The first kappa shape index (κ1) is 20.3. The third kappa shape index (κ3) is 4.15. The number of aromatic nitrogens is 3. The number of imidazole rings is 1. The second-order valence-electron chi connectivity index (χ2n) is 8.23. The number of hydrogen-bond acceptors (Lipinski definition) is 7. The van der Waals surface area contributed by atoms with Crippen LogP contribution in [0.2, 0.25) is 0 Å². The molecule has 1 aliphatic rings. The van der Waals surface area contributed by atoms with E-state index in [0.29, 0.717) is 28.5 Å². The monoisotopic (exact) mass is 424 g/mol. The van der Waals surface area contributed by atoms with Gasteiger partial charge < -0.3 is 25.1 Å². The second kappa shape index (κ2) is 8.05. The number of rotatable bonds is 6. The van der Waals surface area contributed by atoms with Gasteiger partial charge in [-0.25, -0.2) is 14.8 Å². The van der Waals surface area contributed by atoms with Crippen molar-refractivity contribution in [1.82, 2.24) is 19.9 Å². The Morgan fingerprint density at radius 2 is 2.07 bits per heavy atom. The molecule has 0 spiro atoms. The Kier molecular flexibility index (Phi) is 5.45. The van der Waals surface area contributed by atoms with Crippen LogP contribution in [0.15, 0.2) is 34.4 Å². The molecule has 8 nitrogen and oxygen atoms in total. The van der Waals surface area contributed by atoms with Gasteiger partial charge in [-0.3, -0.25) is 0 Å². The quantitative estimate of drug-likeness (QED) is 0.455. The fourth-order valence-corrected chi connectivity index (χ4v) is 4.19. The van der Waals surface area contributed by atoms with Crippen LogP contribution in [0, 0.1) is 12.0 Å². The number of fused-ring (bicyclic) bond motifs is 2. The van der Waals surface area contributed by atoms with Gasteiger partial charge in [-0.05, 0) is 23.6 Å². The summed E-state index contributed by atoms with van der Waals surface area (Å²) in [7, 11) is 0. The maximum atomic E-state index is 7.55. The molecule has 4 rings (SSSR count). The molecule has 3 aromatic rings. The fraction of sp³-hybridized carbons (Fsp3) is 0.381. The summed E-state index contributed by atoms with van der Waals surface area (Å²) in [6.45, 7) is 16.7. The van der Waals surface area contributed by atoms with E-state index < -0.39 is 0 Å². The lowest BCUT2D eigenvalue weighted by Gasteiger charge is -2.19. The summed E-state index contributed by atoms with van der Waals surface area (Å²) < 4.78 is 13.0. The Bertz CT molecular complexity index is 1130. The Morgan fingerprint density at radius 1 is 1.30 bits per heavy atom. The second-order valence-corrected chi connectivity index (χ2v) is 9.24. The van der Waals surface area contributed by atoms with E-state index in [1.54, 1.807) is 12.3 Å². The van der Waals surface area contributed by atoms with Crippen LogP contribution in [0.4, 0.5) is 11.5 Å². The van der Waals surface area contributed by atoms with Crippen LogP contribution in [-0.4, -0.2) is 34.4 Å². The normalized spacial score (nSPS) is 13.0. The molecule has 30 heavy (non-hydrogen) atoms. The van der Waals surface area contributed by atoms with Crippen LogP contribution in [0.5, 0.6) is 11.5 Å². The third-order valence-corrected chi connectivity index (χ3v) is 5.64. The van der Waals surface area contributed by atoms with Gasteiger partial charge in [0, 0.05) is 30.7 Å². The average Bonchev–Trinajstić information content (AvgIpc) is 3.29. The molecule has 0 atom stereocenters. The maximum absolute atomic E-state index is 7.55. The first-order valence-electron chi connectivity index (χ1n) is 9.66. The van der Waals surface area contributed by atoms with Crippen molar-refractivity contribution in [1.29, 1.82) is 0 Å². The molecule has 0 unspecified atom stereocenters. The molecule has 0 saturated carbocycles. The number of pyridine rings is 1. The van der Waals surface area contributed by atoms with Gasteiger partial charge in [-0.2, -0.15) is 0 Å². The van der Waals surface area contributed by atoms with Crippen LogP contribution >= 0.6 is 11.8 Å². The van der Waals surface area contributed by atoms with E-state index >= 15 is 0 Å². The SMILES string of the molecule is [C-]#[N+]c1cc2c(cc1Sc1nc3c(N)nccc3n1CCNCC(C)(C)C)OCO2. The Labute approximate surface area is 179 Å². The van der Waals surface area contributed by atoms with Crippen molar-refractivity contribution in [2.45, 2.75) is 37.4 Å². The van der Waals surface area contributed by atoms with Gasteiger partial charge in [-0.1, -0.05) is 32.5 Å². The molecule has 1 aromatic carbocycles. The number of ether oxygens (including phenoxy) is 2. The highest BCUT2D eigenvalue weighted by Gasteiger charge is 2.21. The molecule has 2 aromatic heterocycles. The third-order valence-electron chi connectivity index (χ3n) is 4.60. The van der Waals surface area contributed by atoms with E-state index in [9.17, 15) is 0 Å². The fourth-order valence-electron chi connectivity index (χ4n) is 3.18. The summed E-state index contributed by atoms with van der Waals surface area (Å²) in [4.78, 5) is 13.3. The summed E-state index contributed by atoms with van der Waals surface area (Å²) in [5.41, 5.74) is 8.38. The van der Waals surface area contributed by atoms with E-state index in [4.69, 9.17) is 26.8 Å². The largest absolute Gasteiger partial charge is 0.455 e. The molecule has 0 radical (unpaired) electrons. The van der Waals surface area contributed by atoms with Crippen molar-refractivity contribution in [2.24, 2.45) is 5.41 Å².